The summed E-state index contributed by atoms with van der Waals surface area (Å²) in [5.41, 5.74) is 13.6. The third-order valence-electron chi connectivity index (χ3n) is 7.00. The van der Waals surface area contributed by atoms with E-state index in [4.69, 9.17) is 0 Å². The Morgan fingerprint density at radius 1 is 0.270 bits per heavy atom. The summed E-state index contributed by atoms with van der Waals surface area (Å²) in [5.74, 6) is 0. The van der Waals surface area contributed by atoms with E-state index in [1.807, 2.05) is 0 Å². The van der Waals surface area contributed by atoms with E-state index in [1.165, 1.54) is 61.2 Å². The van der Waals surface area contributed by atoms with Crippen LogP contribution in [0, 0.1) is 6.92 Å². The Bertz CT molecular complexity index is 1590. The molecule has 0 spiro atoms. The molecule has 0 radical (unpaired) electrons. The SMILES string of the molecule is Cc1ccc(-c2ccccc2)cc1-c1cccc(-c2cc(-c3ccccc3)cc(-c3ccccc3)c2)c1. The van der Waals surface area contributed by atoms with Crippen molar-refractivity contribution in [3.63, 3.8) is 0 Å². The average molecular weight is 473 g/mol. The molecule has 0 amide bonds. The number of benzene rings is 6. The summed E-state index contributed by atoms with van der Waals surface area (Å²) < 4.78 is 0. The standard InChI is InChI=1S/C37H28/c1-27-20-21-32(28-12-5-2-6-13-28)26-37(27)33-19-11-18-31(22-33)36-24-34(29-14-7-3-8-15-29)23-35(25-36)30-16-9-4-10-17-30/h2-26H,1H3. The summed E-state index contributed by atoms with van der Waals surface area (Å²) >= 11 is 0. The van der Waals surface area contributed by atoms with Crippen LogP contribution >= 0.6 is 0 Å². The Labute approximate surface area is 219 Å². The minimum atomic E-state index is 1.22. The molecule has 0 unspecified atom stereocenters. The van der Waals surface area contributed by atoms with Gasteiger partial charge >= 0.3 is 0 Å². The Balaban J connectivity index is 1.47. The highest BCUT2D eigenvalue weighted by atomic mass is 14.1. The minimum absolute atomic E-state index is 1.22. The lowest BCUT2D eigenvalue weighted by Gasteiger charge is -2.14. The molecule has 0 heterocycles. The van der Waals surface area contributed by atoms with Gasteiger partial charge in [-0.15, -0.1) is 0 Å². The van der Waals surface area contributed by atoms with Gasteiger partial charge in [-0.3, -0.25) is 0 Å². The maximum atomic E-state index is 2.33. The van der Waals surface area contributed by atoms with E-state index in [0.717, 1.165) is 0 Å². The fraction of sp³-hybridized carbons (Fsp3) is 0.0270. The molecular weight excluding hydrogens is 444 g/mol. The highest BCUT2D eigenvalue weighted by Crippen LogP contribution is 2.36. The van der Waals surface area contributed by atoms with Crippen molar-refractivity contribution in [3.05, 3.63) is 157 Å². The van der Waals surface area contributed by atoms with Gasteiger partial charge in [0.1, 0.15) is 0 Å². The van der Waals surface area contributed by atoms with Crippen molar-refractivity contribution in [3.8, 4) is 55.6 Å². The number of aryl methyl sites for hydroxylation is 1. The van der Waals surface area contributed by atoms with Crippen molar-refractivity contribution in [2.45, 2.75) is 6.92 Å². The third kappa shape index (κ3) is 4.87. The summed E-state index contributed by atoms with van der Waals surface area (Å²) in [6, 6.07) is 54.5. The summed E-state index contributed by atoms with van der Waals surface area (Å²) in [4.78, 5) is 0. The first-order valence-corrected chi connectivity index (χ1v) is 12.8. The van der Waals surface area contributed by atoms with Gasteiger partial charge < -0.3 is 0 Å². The van der Waals surface area contributed by atoms with Crippen molar-refractivity contribution >= 4 is 0 Å². The topological polar surface area (TPSA) is 0 Å². The van der Waals surface area contributed by atoms with Gasteiger partial charge in [0.05, 0.1) is 0 Å². The molecule has 176 valence electrons. The normalized spacial score (nSPS) is 10.8. The van der Waals surface area contributed by atoms with Crippen molar-refractivity contribution in [2.75, 3.05) is 0 Å². The van der Waals surface area contributed by atoms with Crippen LogP contribution in [0.15, 0.2) is 152 Å². The number of hydrogen-bond donors (Lipinski definition) is 0. The van der Waals surface area contributed by atoms with Crippen molar-refractivity contribution in [1.82, 2.24) is 0 Å². The van der Waals surface area contributed by atoms with Crippen molar-refractivity contribution in [2.24, 2.45) is 0 Å². The largest absolute Gasteiger partial charge is 0.0622 e. The van der Waals surface area contributed by atoms with Gasteiger partial charge in [-0.1, -0.05) is 121 Å². The van der Waals surface area contributed by atoms with Crippen LogP contribution in [-0.2, 0) is 0 Å². The molecule has 0 nitrogen and oxygen atoms in total. The molecule has 0 aliphatic heterocycles. The Morgan fingerprint density at radius 2 is 0.649 bits per heavy atom. The maximum Gasteiger partial charge on any atom is -0.0148 e. The first-order chi connectivity index (χ1) is 18.2. The second-order valence-electron chi connectivity index (χ2n) is 9.51. The summed E-state index contributed by atoms with van der Waals surface area (Å²) in [6.07, 6.45) is 0. The molecule has 0 aromatic heterocycles. The van der Waals surface area contributed by atoms with E-state index in [-0.39, 0.29) is 0 Å². The van der Waals surface area contributed by atoms with E-state index in [0.29, 0.717) is 0 Å². The molecule has 0 atom stereocenters. The van der Waals surface area contributed by atoms with E-state index in [9.17, 15) is 0 Å². The lowest BCUT2D eigenvalue weighted by Crippen LogP contribution is -1.89. The van der Waals surface area contributed by atoms with Crippen LogP contribution in [0.1, 0.15) is 5.56 Å². The molecule has 6 aromatic rings. The molecule has 0 N–H and O–H groups in total. The van der Waals surface area contributed by atoms with Crippen molar-refractivity contribution < 1.29 is 0 Å². The molecule has 6 aromatic carbocycles. The molecule has 0 fully saturated rings. The van der Waals surface area contributed by atoms with Crippen LogP contribution in [0.25, 0.3) is 55.6 Å². The fourth-order valence-corrected chi connectivity index (χ4v) is 5.00. The zero-order valence-electron chi connectivity index (χ0n) is 20.9. The molecule has 37 heavy (non-hydrogen) atoms. The van der Waals surface area contributed by atoms with Gasteiger partial charge in [0, 0.05) is 0 Å². The van der Waals surface area contributed by atoms with Gasteiger partial charge in [0.15, 0.2) is 0 Å². The third-order valence-corrected chi connectivity index (χ3v) is 7.00. The predicted molar refractivity (Wildman–Crippen MR) is 158 cm³/mol. The zero-order chi connectivity index (χ0) is 25.0. The van der Waals surface area contributed by atoms with Crippen LogP contribution in [-0.4, -0.2) is 0 Å². The monoisotopic (exact) mass is 472 g/mol. The molecule has 0 saturated carbocycles. The van der Waals surface area contributed by atoms with Crippen LogP contribution in [0.2, 0.25) is 0 Å². The molecule has 0 aliphatic rings. The van der Waals surface area contributed by atoms with E-state index in [2.05, 4.69) is 159 Å². The summed E-state index contributed by atoms with van der Waals surface area (Å²) in [7, 11) is 0. The van der Waals surface area contributed by atoms with Gasteiger partial charge in [0.2, 0.25) is 0 Å². The first kappa shape index (κ1) is 22.8. The smallest absolute Gasteiger partial charge is 0.0148 e. The van der Waals surface area contributed by atoms with Crippen molar-refractivity contribution in [1.29, 1.82) is 0 Å². The Kier molecular flexibility index (Phi) is 6.23. The molecule has 0 saturated heterocycles. The minimum Gasteiger partial charge on any atom is -0.0622 e. The van der Waals surface area contributed by atoms with E-state index in [1.54, 1.807) is 0 Å². The molecular formula is C37H28. The molecule has 6 rings (SSSR count). The first-order valence-electron chi connectivity index (χ1n) is 12.8. The summed E-state index contributed by atoms with van der Waals surface area (Å²) in [6.45, 7) is 2.19. The second-order valence-corrected chi connectivity index (χ2v) is 9.51. The Hall–Kier alpha value is -4.68. The van der Waals surface area contributed by atoms with Gasteiger partial charge in [-0.25, -0.2) is 0 Å². The Morgan fingerprint density at radius 3 is 1.19 bits per heavy atom. The van der Waals surface area contributed by atoms with Crippen LogP contribution in [0.4, 0.5) is 0 Å². The second kappa shape index (κ2) is 10.1. The maximum absolute atomic E-state index is 2.33. The van der Waals surface area contributed by atoms with E-state index < -0.39 is 0 Å². The highest BCUT2D eigenvalue weighted by molar-refractivity contribution is 5.84. The van der Waals surface area contributed by atoms with Gasteiger partial charge in [-0.05, 0) is 98.5 Å². The lowest BCUT2D eigenvalue weighted by molar-refractivity contribution is 1.45. The van der Waals surface area contributed by atoms with Gasteiger partial charge in [-0.2, -0.15) is 0 Å². The zero-order valence-corrected chi connectivity index (χ0v) is 20.9. The average Bonchev–Trinajstić information content (AvgIpc) is 2.98. The highest BCUT2D eigenvalue weighted by Gasteiger charge is 2.10. The number of rotatable bonds is 5. The molecule has 0 bridgehead atoms. The molecule has 0 aliphatic carbocycles. The van der Waals surface area contributed by atoms with Crippen LogP contribution in [0.3, 0.4) is 0 Å². The summed E-state index contributed by atoms with van der Waals surface area (Å²) in [5, 5.41) is 0. The number of hydrogen-bond acceptors (Lipinski definition) is 0. The predicted octanol–water partition coefficient (Wildman–Crippen LogP) is 10.3. The van der Waals surface area contributed by atoms with Crippen LogP contribution in [0.5, 0.6) is 0 Å². The lowest BCUT2D eigenvalue weighted by atomic mass is 9.91. The fourth-order valence-electron chi connectivity index (χ4n) is 5.00. The quantitative estimate of drug-likeness (QED) is 0.234. The van der Waals surface area contributed by atoms with Gasteiger partial charge in [0.25, 0.3) is 0 Å². The van der Waals surface area contributed by atoms with Crippen LogP contribution < -0.4 is 0 Å². The molecule has 0 heteroatoms. The van der Waals surface area contributed by atoms with E-state index >= 15 is 0 Å².